The van der Waals surface area contributed by atoms with Gasteiger partial charge in [0.15, 0.2) is 5.79 Å². The highest BCUT2D eigenvalue weighted by Crippen LogP contribution is 2.41. The Hall–Kier alpha value is -1.90. The number of thioether (sulfide) groups is 1. The lowest BCUT2D eigenvalue weighted by Crippen LogP contribution is -2.56. The first-order chi connectivity index (χ1) is 14.3. The first-order valence-corrected chi connectivity index (χ1v) is 10.8. The smallest absolute Gasteiger partial charge is 0.338 e. The summed E-state index contributed by atoms with van der Waals surface area (Å²) in [4.78, 5) is 13.3. The standard InChI is InChI=1S/C23H26O6S/c1-14-9-11-16(12-10-14)30-22-18(24)20-19(28-23(2,3)29-20)17(27-22)13-26-21(25)15-7-5-4-6-8-15/h4-12,17-20,22,24H,13H2,1-3H3/t17-,18-,19+,20-,22+/m1/s1. The molecule has 0 bridgehead atoms. The van der Waals surface area contributed by atoms with Crippen molar-refractivity contribution in [3.63, 3.8) is 0 Å². The lowest BCUT2D eigenvalue weighted by atomic mass is 10.0. The van der Waals surface area contributed by atoms with Gasteiger partial charge >= 0.3 is 5.97 Å². The lowest BCUT2D eigenvalue weighted by Gasteiger charge is -2.39. The highest BCUT2D eigenvalue weighted by atomic mass is 32.2. The van der Waals surface area contributed by atoms with Gasteiger partial charge in [-0.2, -0.15) is 0 Å². The molecule has 2 aliphatic heterocycles. The van der Waals surface area contributed by atoms with Crippen molar-refractivity contribution >= 4 is 17.7 Å². The number of aryl methyl sites for hydroxylation is 1. The van der Waals surface area contributed by atoms with Gasteiger partial charge in [-0.05, 0) is 45.0 Å². The molecule has 0 spiro atoms. The van der Waals surface area contributed by atoms with Gasteiger partial charge in [0, 0.05) is 4.90 Å². The third-order valence-electron chi connectivity index (χ3n) is 5.12. The Morgan fingerprint density at radius 2 is 1.73 bits per heavy atom. The quantitative estimate of drug-likeness (QED) is 0.727. The normalized spacial score (nSPS) is 29.9. The van der Waals surface area contributed by atoms with Crippen LogP contribution in [0.2, 0.25) is 0 Å². The lowest BCUT2D eigenvalue weighted by molar-refractivity contribution is -0.168. The predicted octanol–water partition coefficient (Wildman–Crippen LogP) is 3.55. The maximum Gasteiger partial charge on any atom is 0.338 e. The van der Waals surface area contributed by atoms with Crippen LogP contribution in [-0.2, 0) is 18.9 Å². The topological polar surface area (TPSA) is 74.2 Å². The van der Waals surface area contributed by atoms with E-state index in [4.69, 9.17) is 18.9 Å². The summed E-state index contributed by atoms with van der Waals surface area (Å²) >= 11 is 1.42. The molecule has 160 valence electrons. The van der Waals surface area contributed by atoms with Crippen molar-refractivity contribution < 1.29 is 28.8 Å². The van der Waals surface area contributed by atoms with Crippen LogP contribution in [0.15, 0.2) is 59.5 Å². The molecule has 0 saturated carbocycles. The van der Waals surface area contributed by atoms with Gasteiger partial charge in [-0.25, -0.2) is 4.79 Å². The molecule has 0 radical (unpaired) electrons. The molecule has 2 aliphatic rings. The Bertz CT molecular complexity index is 869. The molecule has 1 N–H and O–H groups in total. The van der Waals surface area contributed by atoms with Gasteiger partial charge in [0.05, 0.1) is 5.56 Å². The van der Waals surface area contributed by atoms with Crippen LogP contribution in [0.4, 0.5) is 0 Å². The van der Waals surface area contributed by atoms with E-state index < -0.39 is 41.6 Å². The first-order valence-electron chi connectivity index (χ1n) is 9.97. The SMILES string of the molecule is Cc1ccc(S[C@@H]2O[C@H](COC(=O)c3ccccc3)[C@@H]3OC(C)(C)O[C@@H]3[C@H]2O)cc1. The number of esters is 1. The fourth-order valence-electron chi connectivity index (χ4n) is 3.65. The van der Waals surface area contributed by atoms with Gasteiger partial charge in [-0.1, -0.05) is 47.7 Å². The maximum absolute atomic E-state index is 12.4. The van der Waals surface area contributed by atoms with E-state index in [1.54, 1.807) is 38.1 Å². The molecule has 6 nitrogen and oxygen atoms in total. The third-order valence-corrected chi connectivity index (χ3v) is 6.28. The number of carbonyl (C=O) groups is 1. The summed E-state index contributed by atoms with van der Waals surface area (Å²) in [6.45, 7) is 5.63. The van der Waals surface area contributed by atoms with Gasteiger partial charge in [0.1, 0.15) is 36.5 Å². The average Bonchev–Trinajstić information content (AvgIpc) is 3.07. The minimum absolute atomic E-state index is 0.00596. The maximum atomic E-state index is 12.4. The number of ether oxygens (including phenoxy) is 4. The molecule has 0 aromatic heterocycles. The van der Waals surface area contributed by atoms with Crippen molar-refractivity contribution in [2.24, 2.45) is 0 Å². The molecule has 0 aliphatic carbocycles. The van der Waals surface area contributed by atoms with E-state index in [0.717, 1.165) is 10.5 Å². The van der Waals surface area contributed by atoms with E-state index in [1.807, 2.05) is 37.3 Å². The molecule has 5 atom stereocenters. The van der Waals surface area contributed by atoms with E-state index in [-0.39, 0.29) is 6.61 Å². The molecule has 2 heterocycles. The summed E-state index contributed by atoms with van der Waals surface area (Å²) in [5, 5.41) is 10.9. The van der Waals surface area contributed by atoms with Crippen LogP contribution in [-0.4, -0.2) is 53.3 Å². The second-order valence-electron chi connectivity index (χ2n) is 7.99. The van der Waals surface area contributed by atoms with Gasteiger partial charge in [0.2, 0.25) is 0 Å². The van der Waals surface area contributed by atoms with Crippen molar-refractivity contribution in [3.8, 4) is 0 Å². The minimum Gasteiger partial charge on any atom is -0.459 e. The van der Waals surface area contributed by atoms with Gasteiger partial charge in [0.25, 0.3) is 0 Å². The predicted molar refractivity (Wildman–Crippen MR) is 112 cm³/mol. The summed E-state index contributed by atoms with van der Waals surface area (Å²) < 4.78 is 23.6. The molecule has 0 amide bonds. The zero-order valence-corrected chi connectivity index (χ0v) is 18.0. The highest BCUT2D eigenvalue weighted by Gasteiger charge is 2.55. The first kappa shape index (κ1) is 21.3. The second kappa shape index (κ2) is 8.69. The van der Waals surface area contributed by atoms with Crippen LogP contribution < -0.4 is 0 Å². The number of aliphatic hydroxyl groups is 1. The molecule has 2 aromatic carbocycles. The number of hydrogen-bond donors (Lipinski definition) is 1. The Kier molecular flexibility index (Phi) is 6.18. The number of hydrogen-bond acceptors (Lipinski definition) is 7. The Morgan fingerprint density at radius 3 is 2.43 bits per heavy atom. The van der Waals surface area contributed by atoms with E-state index in [0.29, 0.717) is 5.56 Å². The van der Waals surface area contributed by atoms with E-state index in [1.165, 1.54) is 11.8 Å². The number of rotatable bonds is 5. The fourth-order valence-corrected chi connectivity index (χ4v) is 4.71. The third kappa shape index (κ3) is 4.71. The highest BCUT2D eigenvalue weighted by molar-refractivity contribution is 7.99. The summed E-state index contributed by atoms with van der Waals surface area (Å²) in [6.07, 6.45) is -2.55. The zero-order chi connectivity index (χ0) is 21.3. The second-order valence-corrected chi connectivity index (χ2v) is 9.17. The molecular weight excluding hydrogens is 404 g/mol. The Morgan fingerprint density at radius 1 is 1.07 bits per heavy atom. The van der Waals surface area contributed by atoms with E-state index in [9.17, 15) is 9.90 Å². The van der Waals surface area contributed by atoms with Crippen molar-refractivity contribution in [2.45, 2.75) is 61.3 Å². The van der Waals surface area contributed by atoms with E-state index in [2.05, 4.69) is 0 Å². The fraction of sp³-hybridized carbons (Fsp3) is 0.435. The summed E-state index contributed by atoms with van der Waals surface area (Å²) in [7, 11) is 0. The van der Waals surface area contributed by atoms with Gasteiger partial charge in [-0.15, -0.1) is 0 Å². The molecule has 7 heteroatoms. The molecule has 4 rings (SSSR count). The van der Waals surface area contributed by atoms with Gasteiger partial charge in [-0.3, -0.25) is 0 Å². The van der Waals surface area contributed by atoms with Crippen molar-refractivity contribution in [1.82, 2.24) is 0 Å². The molecule has 2 aromatic rings. The number of benzene rings is 2. The van der Waals surface area contributed by atoms with Crippen LogP contribution in [0, 0.1) is 6.92 Å². The van der Waals surface area contributed by atoms with Crippen molar-refractivity contribution in [3.05, 3.63) is 65.7 Å². The van der Waals surface area contributed by atoms with Crippen LogP contribution in [0.5, 0.6) is 0 Å². The largest absolute Gasteiger partial charge is 0.459 e. The summed E-state index contributed by atoms with van der Waals surface area (Å²) in [6, 6.07) is 16.8. The van der Waals surface area contributed by atoms with Gasteiger partial charge < -0.3 is 24.1 Å². The molecule has 0 unspecified atom stereocenters. The van der Waals surface area contributed by atoms with Crippen molar-refractivity contribution in [1.29, 1.82) is 0 Å². The van der Waals surface area contributed by atoms with Crippen LogP contribution >= 0.6 is 11.8 Å². The monoisotopic (exact) mass is 430 g/mol. The Labute approximate surface area is 180 Å². The summed E-state index contributed by atoms with van der Waals surface area (Å²) in [5.41, 5.74) is 1.05. The molecule has 2 fully saturated rings. The molecule has 2 saturated heterocycles. The molecule has 30 heavy (non-hydrogen) atoms. The molecular formula is C23H26O6S. The van der Waals surface area contributed by atoms with Crippen LogP contribution in [0.3, 0.4) is 0 Å². The van der Waals surface area contributed by atoms with Crippen LogP contribution in [0.1, 0.15) is 29.8 Å². The van der Waals surface area contributed by atoms with Crippen LogP contribution in [0.25, 0.3) is 0 Å². The Balaban J connectivity index is 1.49. The van der Waals surface area contributed by atoms with E-state index >= 15 is 0 Å². The number of aliphatic hydroxyl groups excluding tert-OH is 1. The number of fused-ring (bicyclic) bond motifs is 1. The average molecular weight is 431 g/mol. The summed E-state index contributed by atoms with van der Waals surface area (Å²) in [5.74, 6) is -1.28. The van der Waals surface area contributed by atoms with Crippen molar-refractivity contribution in [2.75, 3.05) is 6.61 Å². The zero-order valence-electron chi connectivity index (χ0n) is 17.2. The minimum atomic E-state index is -0.885. The number of carbonyl (C=O) groups excluding carboxylic acids is 1.